The number of carbonyl (C=O) groups is 1. The third kappa shape index (κ3) is 2.57. The first-order chi connectivity index (χ1) is 11.5. The number of primary amides is 1. The van der Waals surface area contributed by atoms with Crippen molar-refractivity contribution in [1.29, 1.82) is 0 Å². The van der Waals surface area contributed by atoms with Crippen molar-refractivity contribution in [2.24, 2.45) is 17.4 Å². The highest BCUT2D eigenvalue weighted by molar-refractivity contribution is 6.04. The lowest BCUT2D eigenvalue weighted by Gasteiger charge is -2.10. The zero-order chi connectivity index (χ0) is 16.8. The summed E-state index contributed by atoms with van der Waals surface area (Å²) < 4.78 is 19.4. The largest absolute Gasteiger partial charge is 0.455 e. The summed E-state index contributed by atoms with van der Waals surface area (Å²) in [5.74, 6) is -0.0895. The highest BCUT2D eigenvalue weighted by Gasteiger charge is 2.29. The molecule has 0 spiro atoms. The predicted octanol–water partition coefficient (Wildman–Crippen LogP) is 3.75. The van der Waals surface area contributed by atoms with Crippen LogP contribution in [0, 0.1) is 11.7 Å². The summed E-state index contributed by atoms with van der Waals surface area (Å²) >= 11 is 0. The fourth-order valence-corrected chi connectivity index (χ4v) is 3.04. The molecule has 0 bridgehead atoms. The topological polar surface area (TPSA) is 82.2 Å². The number of benzene rings is 2. The molecule has 1 aliphatic rings. The minimum Gasteiger partial charge on any atom is -0.455 e. The zero-order valence-corrected chi connectivity index (χ0v) is 13.0. The maximum Gasteiger partial charge on any atom is 0.252 e. The number of hydrogen-bond acceptors (Lipinski definition) is 3. The van der Waals surface area contributed by atoms with E-state index in [2.05, 4.69) is 0 Å². The molecule has 4 N–H and O–H groups in total. The van der Waals surface area contributed by atoms with Crippen molar-refractivity contribution in [3.63, 3.8) is 0 Å². The molecule has 0 radical (unpaired) electrons. The van der Waals surface area contributed by atoms with Gasteiger partial charge in [0.05, 0.1) is 5.56 Å². The molecule has 1 fully saturated rings. The fraction of sp³-hybridized carbons (Fsp3) is 0.211. The van der Waals surface area contributed by atoms with Crippen LogP contribution in [-0.2, 0) is 0 Å². The summed E-state index contributed by atoms with van der Waals surface area (Å²) in [5, 5.41) is 0.512. The third-order valence-corrected chi connectivity index (χ3v) is 4.56. The normalized spacial score (nSPS) is 15.6. The molecule has 122 valence electrons. The van der Waals surface area contributed by atoms with Gasteiger partial charge in [-0.3, -0.25) is 4.79 Å². The molecule has 2 aromatic carbocycles. The number of nitrogens with two attached hydrogens (primary N) is 2. The van der Waals surface area contributed by atoms with Gasteiger partial charge in [0.1, 0.15) is 17.2 Å². The van der Waals surface area contributed by atoms with Crippen LogP contribution in [0.2, 0.25) is 0 Å². The first-order valence-corrected chi connectivity index (χ1v) is 7.92. The standard InChI is InChI=1S/C19H17FN2O2/c20-14-7-13-8-16(24-18(13)15(9-14)19(22)23)10-1-3-11(4-2-10)17(21)12-5-6-12/h1-4,7-9,12,17H,5-6,21H2,(H2,22,23). The van der Waals surface area contributed by atoms with E-state index in [1.807, 2.05) is 24.3 Å². The van der Waals surface area contributed by atoms with Crippen molar-refractivity contribution in [1.82, 2.24) is 0 Å². The summed E-state index contributed by atoms with van der Waals surface area (Å²) in [7, 11) is 0. The Morgan fingerprint density at radius 2 is 1.88 bits per heavy atom. The van der Waals surface area contributed by atoms with E-state index in [1.165, 1.54) is 18.9 Å². The Morgan fingerprint density at radius 3 is 2.50 bits per heavy atom. The fourth-order valence-electron chi connectivity index (χ4n) is 3.04. The van der Waals surface area contributed by atoms with Crippen LogP contribution in [0.3, 0.4) is 0 Å². The zero-order valence-electron chi connectivity index (χ0n) is 13.0. The van der Waals surface area contributed by atoms with E-state index in [-0.39, 0.29) is 11.6 Å². The maximum atomic E-state index is 13.6. The second-order valence-corrected chi connectivity index (χ2v) is 6.33. The van der Waals surface area contributed by atoms with Crippen LogP contribution >= 0.6 is 0 Å². The summed E-state index contributed by atoms with van der Waals surface area (Å²) in [4.78, 5) is 11.5. The van der Waals surface area contributed by atoms with Crippen LogP contribution in [-0.4, -0.2) is 5.91 Å². The molecular formula is C19H17FN2O2. The van der Waals surface area contributed by atoms with Gasteiger partial charge in [0.15, 0.2) is 0 Å². The van der Waals surface area contributed by atoms with E-state index >= 15 is 0 Å². The molecule has 1 amide bonds. The number of carbonyl (C=O) groups excluding carboxylic acids is 1. The molecule has 1 atom stereocenters. The van der Waals surface area contributed by atoms with Crippen LogP contribution in [0.15, 0.2) is 46.9 Å². The number of hydrogen-bond donors (Lipinski definition) is 2. The summed E-state index contributed by atoms with van der Waals surface area (Å²) in [6.07, 6.45) is 2.38. The molecule has 4 nitrogen and oxygen atoms in total. The Morgan fingerprint density at radius 1 is 1.17 bits per heavy atom. The van der Waals surface area contributed by atoms with Crippen LogP contribution in [0.4, 0.5) is 4.39 Å². The number of rotatable bonds is 4. The van der Waals surface area contributed by atoms with Crippen molar-refractivity contribution in [2.45, 2.75) is 18.9 Å². The van der Waals surface area contributed by atoms with Crippen LogP contribution in [0.25, 0.3) is 22.3 Å². The van der Waals surface area contributed by atoms with Gasteiger partial charge in [0.2, 0.25) is 0 Å². The summed E-state index contributed by atoms with van der Waals surface area (Å²) in [5.41, 5.74) is 13.8. The molecule has 1 aliphatic carbocycles. The average Bonchev–Trinajstić information content (AvgIpc) is 3.33. The van der Waals surface area contributed by atoms with Crippen molar-refractivity contribution < 1.29 is 13.6 Å². The van der Waals surface area contributed by atoms with Gasteiger partial charge >= 0.3 is 0 Å². The second-order valence-electron chi connectivity index (χ2n) is 6.33. The lowest BCUT2D eigenvalue weighted by atomic mass is 10.0. The lowest BCUT2D eigenvalue weighted by Crippen LogP contribution is -2.11. The smallest absolute Gasteiger partial charge is 0.252 e. The molecule has 1 saturated carbocycles. The Hall–Kier alpha value is -2.66. The number of amides is 1. The number of furan rings is 1. The first-order valence-electron chi connectivity index (χ1n) is 7.92. The monoisotopic (exact) mass is 324 g/mol. The molecular weight excluding hydrogens is 307 g/mol. The molecule has 1 aromatic heterocycles. The Labute approximate surface area is 138 Å². The van der Waals surface area contributed by atoms with Crippen LogP contribution in [0.5, 0.6) is 0 Å². The van der Waals surface area contributed by atoms with Gasteiger partial charge in [-0.15, -0.1) is 0 Å². The predicted molar refractivity (Wildman–Crippen MR) is 89.8 cm³/mol. The molecule has 24 heavy (non-hydrogen) atoms. The summed E-state index contributed by atoms with van der Waals surface area (Å²) in [6, 6.07) is 12.0. The lowest BCUT2D eigenvalue weighted by molar-refractivity contribution is 0.100. The Kier molecular flexibility index (Phi) is 3.39. The number of fused-ring (bicyclic) bond motifs is 1. The Bertz CT molecular complexity index is 926. The van der Waals surface area contributed by atoms with Gasteiger partial charge in [-0.05, 0) is 42.5 Å². The quantitative estimate of drug-likeness (QED) is 0.767. The van der Waals surface area contributed by atoms with E-state index in [1.54, 1.807) is 6.07 Å². The second kappa shape index (κ2) is 5.46. The minimum absolute atomic E-state index is 0.0450. The van der Waals surface area contributed by atoms with Gasteiger partial charge in [-0.2, -0.15) is 0 Å². The van der Waals surface area contributed by atoms with E-state index in [9.17, 15) is 9.18 Å². The first kappa shape index (κ1) is 14.9. The van der Waals surface area contributed by atoms with E-state index in [4.69, 9.17) is 15.9 Å². The average molecular weight is 324 g/mol. The Balaban J connectivity index is 1.73. The summed E-state index contributed by atoms with van der Waals surface area (Å²) in [6.45, 7) is 0. The molecule has 1 heterocycles. The van der Waals surface area contributed by atoms with Gasteiger partial charge in [-0.25, -0.2) is 4.39 Å². The minimum atomic E-state index is -0.717. The molecule has 0 aliphatic heterocycles. The van der Waals surface area contributed by atoms with Gasteiger partial charge in [0, 0.05) is 17.0 Å². The maximum absolute atomic E-state index is 13.6. The van der Waals surface area contributed by atoms with Gasteiger partial charge in [-0.1, -0.05) is 24.3 Å². The van der Waals surface area contributed by atoms with Gasteiger partial charge < -0.3 is 15.9 Å². The third-order valence-electron chi connectivity index (χ3n) is 4.56. The van der Waals surface area contributed by atoms with Crippen molar-refractivity contribution in [2.75, 3.05) is 0 Å². The number of halogens is 1. The van der Waals surface area contributed by atoms with Crippen molar-refractivity contribution >= 4 is 16.9 Å². The molecule has 0 saturated heterocycles. The van der Waals surface area contributed by atoms with Crippen molar-refractivity contribution in [3.05, 3.63) is 59.4 Å². The van der Waals surface area contributed by atoms with E-state index < -0.39 is 11.7 Å². The SMILES string of the molecule is NC(=O)c1cc(F)cc2cc(-c3ccc(C(N)C4CC4)cc3)oc12. The van der Waals surface area contributed by atoms with E-state index in [0.717, 1.165) is 17.2 Å². The molecule has 1 unspecified atom stereocenters. The molecule has 3 aromatic rings. The van der Waals surface area contributed by atoms with Crippen molar-refractivity contribution in [3.8, 4) is 11.3 Å². The highest BCUT2D eigenvalue weighted by atomic mass is 19.1. The molecule has 5 heteroatoms. The van der Waals surface area contributed by atoms with Gasteiger partial charge in [0.25, 0.3) is 5.91 Å². The molecule has 4 rings (SSSR count). The van der Waals surface area contributed by atoms with Crippen LogP contribution in [0.1, 0.15) is 34.8 Å². The van der Waals surface area contributed by atoms with E-state index in [0.29, 0.717) is 22.6 Å². The van der Waals surface area contributed by atoms with Crippen LogP contribution < -0.4 is 11.5 Å². The highest BCUT2D eigenvalue weighted by Crippen LogP contribution is 2.40.